The van der Waals surface area contributed by atoms with Crippen LogP contribution in [-0.4, -0.2) is 24.5 Å². The van der Waals surface area contributed by atoms with E-state index in [2.05, 4.69) is 0 Å². The van der Waals surface area contributed by atoms with Gasteiger partial charge in [0, 0.05) is 17.7 Å². The Bertz CT molecular complexity index is 68.8. The van der Waals surface area contributed by atoms with Crippen LogP contribution in [0.25, 0.3) is 0 Å². The van der Waals surface area contributed by atoms with Gasteiger partial charge in [-0.2, -0.15) is 0 Å². The van der Waals surface area contributed by atoms with Crippen LogP contribution in [-0.2, 0) is 4.74 Å². The molecule has 0 aromatic carbocycles. The fourth-order valence-electron chi connectivity index (χ4n) is 0.568. The van der Waals surface area contributed by atoms with Gasteiger partial charge in [0.25, 0.3) is 0 Å². The van der Waals surface area contributed by atoms with Crippen LogP contribution in [0.1, 0.15) is 0 Å². The normalized spacial score (nSPS) is 26.6. The van der Waals surface area contributed by atoms with Crippen molar-refractivity contribution in [2.24, 2.45) is 5.92 Å². The molecule has 1 heterocycles. The topological polar surface area (TPSA) is 12.5 Å². The maximum Gasteiger partial charge on any atom is 0.0860 e. The summed E-state index contributed by atoms with van der Waals surface area (Å²) < 4.78 is 4.98. The average molecular weight is 155 g/mol. The summed E-state index contributed by atoms with van der Waals surface area (Å²) in [5.41, 5.74) is 0. The molecule has 1 unspecified atom stereocenters. The molecule has 1 aliphatic heterocycles. The zero-order valence-electron chi connectivity index (χ0n) is 4.44. The molecule has 0 aromatic rings. The van der Waals surface area contributed by atoms with Crippen LogP contribution in [0.3, 0.4) is 0 Å². The maximum atomic E-state index is 5.54. The lowest BCUT2D eigenvalue weighted by molar-refractivity contribution is 0.359. The molecule has 1 fully saturated rings. The predicted molar refractivity (Wildman–Crippen MR) is 34.7 cm³/mol. The molecule has 0 bridgehead atoms. The van der Waals surface area contributed by atoms with Crippen molar-refractivity contribution in [3.05, 3.63) is 0 Å². The summed E-state index contributed by atoms with van der Waals surface area (Å²) in [7, 11) is 0. The summed E-state index contributed by atoms with van der Waals surface area (Å²) in [4.78, 5) is 0. The summed E-state index contributed by atoms with van der Waals surface area (Å²) >= 11 is 11.1. The van der Waals surface area contributed by atoms with Crippen LogP contribution < -0.4 is 0 Å². The molecule has 0 aromatic heterocycles. The first kappa shape index (κ1) is 6.66. The van der Waals surface area contributed by atoms with Gasteiger partial charge in [0.05, 0.1) is 12.7 Å². The lowest BCUT2D eigenvalue weighted by Gasteiger charge is -2.02. The van der Waals surface area contributed by atoms with Gasteiger partial charge >= 0.3 is 0 Å². The summed E-state index contributed by atoms with van der Waals surface area (Å²) in [5, 5.41) is 0. The van der Waals surface area contributed by atoms with E-state index in [1.165, 1.54) is 0 Å². The molecule has 8 heavy (non-hydrogen) atoms. The van der Waals surface area contributed by atoms with E-state index in [1.807, 2.05) is 0 Å². The highest BCUT2D eigenvalue weighted by molar-refractivity contribution is 6.20. The molecular formula is C5H8Cl2O. The van der Waals surface area contributed by atoms with Gasteiger partial charge in [0.2, 0.25) is 0 Å². The average Bonchev–Trinajstić information content (AvgIpc) is 2.53. The molecule has 0 aliphatic carbocycles. The van der Waals surface area contributed by atoms with Crippen LogP contribution in [0.2, 0.25) is 0 Å². The number of hydrogen-bond donors (Lipinski definition) is 0. The minimum atomic E-state index is 0.366. The van der Waals surface area contributed by atoms with Gasteiger partial charge in [0.15, 0.2) is 0 Å². The molecule has 48 valence electrons. The van der Waals surface area contributed by atoms with Crippen LogP contribution in [0, 0.1) is 5.92 Å². The Hall–Kier alpha value is 0.540. The minimum Gasteiger partial charge on any atom is -0.373 e. The number of ether oxygens (including phenoxy) is 1. The number of rotatable bonds is 3. The second-order valence-electron chi connectivity index (χ2n) is 1.94. The van der Waals surface area contributed by atoms with Crippen molar-refractivity contribution in [1.82, 2.24) is 0 Å². The number of halogens is 2. The van der Waals surface area contributed by atoms with E-state index in [4.69, 9.17) is 27.9 Å². The van der Waals surface area contributed by atoms with E-state index >= 15 is 0 Å². The molecule has 0 spiro atoms. The molecule has 1 nitrogen and oxygen atoms in total. The van der Waals surface area contributed by atoms with Crippen molar-refractivity contribution in [3.63, 3.8) is 0 Å². The van der Waals surface area contributed by atoms with E-state index in [1.54, 1.807) is 0 Å². The largest absolute Gasteiger partial charge is 0.373 e. The Kier molecular flexibility index (Phi) is 2.42. The molecule has 0 radical (unpaired) electrons. The van der Waals surface area contributed by atoms with E-state index in [9.17, 15) is 0 Å². The second-order valence-corrected chi connectivity index (χ2v) is 2.56. The summed E-state index contributed by atoms with van der Waals surface area (Å²) in [6, 6.07) is 0. The van der Waals surface area contributed by atoms with E-state index in [0.29, 0.717) is 23.8 Å². The monoisotopic (exact) mass is 154 g/mol. The fraction of sp³-hybridized carbons (Fsp3) is 1.00. The molecule has 1 saturated heterocycles. The van der Waals surface area contributed by atoms with E-state index in [0.717, 1.165) is 6.61 Å². The molecule has 1 aliphatic rings. The predicted octanol–water partition coefficient (Wildman–Crippen LogP) is 1.48. The highest BCUT2D eigenvalue weighted by atomic mass is 35.5. The number of alkyl halides is 2. The molecule has 1 rings (SSSR count). The number of hydrogen-bond acceptors (Lipinski definition) is 1. The first-order valence-corrected chi connectivity index (χ1v) is 3.69. The minimum absolute atomic E-state index is 0.366. The fourth-order valence-corrected chi connectivity index (χ4v) is 1.30. The third kappa shape index (κ3) is 1.51. The van der Waals surface area contributed by atoms with Crippen molar-refractivity contribution in [2.75, 3.05) is 18.4 Å². The van der Waals surface area contributed by atoms with Gasteiger partial charge in [-0.25, -0.2) is 0 Å². The van der Waals surface area contributed by atoms with Crippen LogP contribution in [0.5, 0.6) is 0 Å². The first-order valence-electron chi connectivity index (χ1n) is 2.62. The van der Waals surface area contributed by atoms with Crippen LogP contribution in [0.15, 0.2) is 0 Å². The molecule has 3 heteroatoms. The lowest BCUT2D eigenvalue weighted by atomic mass is 10.1. The zero-order valence-corrected chi connectivity index (χ0v) is 5.95. The van der Waals surface area contributed by atoms with Crippen LogP contribution >= 0.6 is 23.2 Å². The van der Waals surface area contributed by atoms with Gasteiger partial charge in [-0.1, -0.05) is 0 Å². The highest BCUT2D eigenvalue weighted by Gasteiger charge is 2.31. The van der Waals surface area contributed by atoms with Gasteiger partial charge in [-0.3, -0.25) is 0 Å². The Morgan fingerprint density at radius 2 is 2.00 bits per heavy atom. The van der Waals surface area contributed by atoms with Crippen molar-refractivity contribution in [2.45, 2.75) is 6.10 Å². The third-order valence-electron chi connectivity index (χ3n) is 1.28. The second kappa shape index (κ2) is 2.90. The molecular weight excluding hydrogens is 147 g/mol. The third-order valence-corrected chi connectivity index (χ3v) is 2.07. The van der Waals surface area contributed by atoms with E-state index < -0.39 is 0 Å². The first-order chi connectivity index (χ1) is 3.88. The highest BCUT2D eigenvalue weighted by Crippen LogP contribution is 2.22. The smallest absolute Gasteiger partial charge is 0.0860 e. The quantitative estimate of drug-likeness (QED) is 0.444. The van der Waals surface area contributed by atoms with Gasteiger partial charge in [0.1, 0.15) is 0 Å². The molecule has 0 amide bonds. The van der Waals surface area contributed by atoms with Crippen molar-refractivity contribution in [1.29, 1.82) is 0 Å². The maximum absolute atomic E-state index is 5.54. The van der Waals surface area contributed by atoms with Gasteiger partial charge < -0.3 is 4.74 Å². The van der Waals surface area contributed by atoms with E-state index in [-0.39, 0.29) is 0 Å². The Morgan fingerprint density at radius 1 is 1.50 bits per heavy atom. The molecule has 0 N–H and O–H groups in total. The Morgan fingerprint density at radius 3 is 2.12 bits per heavy atom. The Balaban J connectivity index is 2.15. The summed E-state index contributed by atoms with van der Waals surface area (Å²) in [6.45, 7) is 0.851. The van der Waals surface area contributed by atoms with Crippen molar-refractivity contribution < 1.29 is 4.74 Å². The van der Waals surface area contributed by atoms with Crippen LogP contribution in [0.4, 0.5) is 0 Å². The van der Waals surface area contributed by atoms with Gasteiger partial charge in [-0.05, 0) is 0 Å². The Labute approximate surface area is 58.9 Å². The zero-order chi connectivity index (χ0) is 5.98. The summed E-state index contributed by atoms with van der Waals surface area (Å²) in [6.07, 6.45) is 0.366. The standard InChI is InChI=1S/C5H8Cl2O/c6-1-4(2-7)5-3-8-5/h4-5H,1-3H2. The molecule has 1 atom stereocenters. The summed E-state index contributed by atoms with van der Waals surface area (Å²) in [5.74, 6) is 1.61. The number of epoxide rings is 1. The lowest BCUT2D eigenvalue weighted by Crippen LogP contribution is -2.11. The SMILES string of the molecule is ClCC(CCl)C1CO1. The van der Waals surface area contributed by atoms with Gasteiger partial charge in [-0.15, -0.1) is 23.2 Å². The van der Waals surface area contributed by atoms with Crippen molar-refractivity contribution >= 4 is 23.2 Å². The molecule has 0 saturated carbocycles. The van der Waals surface area contributed by atoms with Crippen molar-refractivity contribution in [3.8, 4) is 0 Å².